The average molecular weight is 508 g/mol. The number of ether oxygens (including phenoxy) is 1. The first-order valence-electron chi connectivity index (χ1n) is 11.1. The van der Waals surface area contributed by atoms with Gasteiger partial charge in [0.25, 0.3) is 0 Å². The molecule has 1 aromatic carbocycles. The standard InChI is InChI=1S/C24H30BrNO4S/c1-31-7-6-20(22(28)30-14-21(27)18-2-4-19(25)5-3-18)26-23(29)24-11-15-8-16(12-24)10-17(9-15)13-24/h2-5,15-17,20H,6-14H2,1H3,(H,26,29)/t15?,16?,17?,20-,24?/m1/s1. The summed E-state index contributed by atoms with van der Waals surface area (Å²) in [5, 5.41) is 3.04. The SMILES string of the molecule is CSCC[C@@H](NC(=O)C12CC3CC(CC(C3)C1)C2)C(=O)OCC(=O)c1ccc(Br)cc1. The molecule has 0 unspecified atom stereocenters. The van der Waals surface area contributed by atoms with Crippen molar-refractivity contribution in [3.63, 3.8) is 0 Å². The van der Waals surface area contributed by atoms with Gasteiger partial charge in [0.05, 0.1) is 0 Å². The second-order valence-corrected chi connectivity index (χ2v) is 11.4. The summed E-state index contributed by atoms with van der Waals surface area (Å²) >= 11 is 4.97. The molecular formula is C24H30BrNO4S. The van der Waals surface area contributed by atoms with Crippen molar-refractivity contribution in [1.29, 1.82) is 0 Å². The van der Waals surface area contributed by atoms with Crippen molar-refractivity contribution in [2.24, 2.45) is 23.2 Å². The lowest BCUT2D eigenvalue weighted by Crippen LogP contribution is -2.56. The Morgan fingerprint density at radius 3 is 2.23 bits per heavy atom. The average Bonchev–Trinajstić information content (AvgIpc) is 2.74. The molecule has 0 aliphatic heterocycles. The molecule has 1 atom stereocenters. The summed E-state index contributed by atoms with van der Waals surface area (Å²) in [6, 6.07) is 6.25. The number of carbonyl (C=O) groups is 3. The van der Waals surface area contributed by atoms with Crippen molar-refractivity contribution in [2.75, 3.05) is 18.6 Å². The summed E-state index contributed by atoms with van der Waals surface area (Å²) in [7, 11) is 0. The molecule has 1 N–H and O–H groups in total. The first-order chi connectivity index (χ1) is 14.9. The smallest absolute Gasteiger partial charge is 0.329 e. The fourth-order valence-electron chi connectivity index (χ4n) is 6.14. The first kappa shape index (κ1) is 22.8. The van der Waals surface area contributed by atoms with Gasteiger partial charge < -0.3 is 10.1 Å². The maximum Gasteiger partial charge on any atom is 0.329 e. The normalized spacial score (nSPS) is 29.4. The minimum atomic E-state index is -0.703. The highest BCUT2D eigenvalue weighted by Crippen LogP contribution is 2.60. The van der Waals surface area contributed by atoms with Gasteiger partial charge in [0.15, 0.2) is 12.4 Å². The van der Waals surface area contributed by atoms with Crippen molar-refractivity contribution in [2.45, 2.75) is 51.0 Å². The van der Waals surface area contributed by atoms with Gasteiger partial charge in [0, 0.05) is 15.5 Å². The number of esters is 1. The summed E-state index contributed by atoms with van der Waals surface area (Å²) in [6.45, 7) is -0.316. The van der Waals surface area contributed by atoms with Crippen LogP contribution in [0.4, 0.5) is 0 Å². The number of halogens is 1. The topological polar surface area (TPSA) is 72.5 Å². The number of hydrogen-bond acceptors (Lipinski definition) is 5. The third-order valence-electron chi connectivity index (χ3n) is 7.23. The van der Waals surface area contributed by atoms with Gasteiger partial charge in [-0.25, -0.2) is 4.79 Å². The third kappa shape index (κ3) is 5.19. The molecule has 0 spiro atoms. The Hall–Kier alpha value is -1.34. The molecule has 0 heterocycles. The van der Waals surface area contributed by atoms with Crippen LogP contribution < -0.4 is 5.32 Å². The summed E-state index contributed by atoms with van der Waals surface area (Å²) in [6.07, 6.45) is 9.14. The molecule has 4 saturated carbocycles. The Kier molecular flexibility index (Phi) is 7.11. The van der Waals surface area contributed by atoms with Crippen molar-refractivity contribution >= 4 is 45.4 Å². The Bertz CT molecular complexity index is 805. The van der Waals surface area contributed by atoms with Gasteiger partial charge in [-0.3, -0.25) is 9.59 Å². The summed E-state index contributed by atoms with van der Waals surface area (Å²) < 4.78 is 6.22. The summed E-state index contributed by atoms with van der Waals surface area (Å²) in [4.78, 5) is 38.5. The predicted octanol–water partition coefficient (Wildman–Crippen LogP) is 4.63. The number of ketones is 1. The lowest BCUT2D eigenvalue weighted by atomic mass is 9.49. The van der Waals surface area contributed by atoms with E-state index in [4.69, 9.17) is 4.74 Å². The van der Waals surface area contributed by atoms with Crippen LogP contribution in [-0.2, 0) is 14.3 Å². The molecule has 5 nitrogen and oxygen atoms in total. The highest BCUT2D eigenvalue weighted by atomic mass is 79.9. The molecular weight excluding hydrogens is 478 g/mol. The van der Waals surface area contributed by atoms with Crippen LogP contribution in [0.3, 0.4) is 0 Å². The van der Waals surface area contributed by atoms with E-state index >= 15 is 0 Å². The van der Waals surface area contributed by atoms with Crippen LogP contribution in [0.5, 0.6) is 0 Å². The van der Waals surface area contributed by atoms with E-state index < -0.39 is 12.0 Å². The molecule has 0 saturated heterocycles. The summed E-state index contributed by atoms with van der Waals surface area (Å²) in [5.41, 5.74) is 0.189. The van der Waals surface area contributed by atoms with Crippen LogP contribution in [0.1, 0.15) is 55.3 Å². The highest BCUT2D eigenvalue weighted by Gasteiger charge is 2.55. The van der Waals surface area contributed by atoms with Crippen LogP contribution in [-0.4, -0.2) is 42.3 Å². The molecule has 0 radical (unpaired) electrons. The van der Waals surface area contributed by atoms with Gasteiger partial charge in [0.1, 0.15) is 6.04 Å². The predicted molar refractivity (Wildman–Crippen MR) is 125 cm³/mol. The minimum absolute atomic E-state index is 0.0221. The minimum Gasteiger partial charge on any atom is -0.456 e. The molecule has 1 aromatic rings. The number of thioether (sulfide) groups is 1. The fraction of sp³-hybridized carbons (Fsp3) is 0.625. The van der Waals surface area contributed by atoms with Crippen molar-refractivity contribution < 1.29 is 19.1 Å². The zero-order chi connectivity index (χ0) is 22.0. The Balaban J connectivity index is 1.37. The first-order valence-corrected chi connectivity index (χ1v) is 13.3. The monoisotopic (exact) mass is 507 g/mol. The van der Waals surface area contributed by atoms with Crippen LogP contribution in [0.15, 0.2) is 28.7 Å². The van der Waals surface area contributed by atoms with Gasteiger partial charge in [-0.1, -0.05) is 28.1 Å². The van der Waals surface area contributed by atoms with Gasteiger partial charge in [-0.15, -0.1) is 0 Å². The van der Waals surface area contributed by atoms with Crippen molar-refractivity contribution in [3.8, 4) is 0 Å². The Morgan fingerprint density at radius 2 is 1.68 bits per heavy atom. The maximum absolute atomic E-state index is 13.4. The fourth-order valence-corrected chi connectivity index (χ4v) is 6.88. The maximum atomic E-state index is 13.4. The number of carbonyl (C=O) groups excluding carboxylic acids is 3. The molecule has 5 rings (SSSR count). The van der Waals surface area contributed by atoms with E-state index in [-0.39, 0.29) is 23.7 Å². The third-order valence-corrected chi connectivity index (χ3v) is 8.40. The molecule has 7 heteroatoms. The van der Waals surface area contributed by atoms with E-state index in [1.807, 2.05) is 6.26 Å². The molecule has 168 valence electrons. The lowest BCUT2D eigenvalue weighted by molar-refractivity contribution is -0.153. The summed E-state index contributed by atoms with van der Waals surface area (Å²) in [5.74, 6) is 1.98. The molecule has 4 bridgehead atoms. The van der Waals surface area contributed by atoms with E-state index in [1.54, 1.807) is 36.0 Å². The molecule has 0 aromatic heterocycles. The van der Waals surface area contributed by atoms with E-state index in [9.17, 15) is 14.4 Å². The quantitative estimate of drug-likeness (QED) is 0.389. The van der Waals surface area contributed by atoms with Crippen LogP contribution in [0, 0.1) is 23.2 Å². The van der Waals surface area contributed by atoms with Gasteiger partial charge in [-0.05, 0) is 86.8 Å². The van der Waals surface area contributed by atoms with Crippen LogP contribution >= 0.6 is 27.7 Å². The number of benzene rings is 1. The molecule has 4 aliphatic rings. The van der Waals surface area contributed by atoms with Gasteiger partial charge in [0.2, 0.25) is 5.91 Å². The van der Waals surface area contributed by atoms with Gasteiger partial charge in [-0.2, -0.15) is 11.8 Å². The highest BCUT2D eigenvalue weighted by molar-refractivity contribution is 9.10. The van der Waals surface area contributed by atoms with Crippen LogP contribution in [0.25, 0.3) is 0 Å². The zero-order valence-corrected chi connectivity index (χ0v) is 20.3. The molecule has 4 aliphatic carbocycles. The van der Waals surface area contributed by atoms with Crippen LogP contribution in [0.2, 0.25) is 0 Å². The van der Waals surface area contributed by atoms with E-state index in [0.29, 0.717) is 29.7 Å². The van der Waals surface area contributed by atoms with Gasteiger partial charge >= 0.3 is 5.97 Å². The number of nitrogens with one attached hydrogen (secondary N) is 1. The van der Waals surface area contributed by atoms with E-state index in [1.165, 1.54) is 19.3 Å². The molecule has 31 heavy (non-hydrogen) atoms. The Labute approximate surface area is 196 Å². The number of hydrogen-bond donors (Lipinski definition) is 1. The molecule has 4 fully saturated rings. The number of Topliss-reactive ketones (excluding diaryl/α,β-unsaturated/α-hetero) is 1. The lowest BCUT2D eigenvalue weighted by Gasteiger charge is -2.55. The Morgan fingerprint density at radius 1 is 1.10 bits per heavy atom. The van der Waals surface area contributed by atoms with Crippen molar-refractivity contribution in [3.05, 3.63) is 34.3 Å². The number of rotatable bonds is 9. The second-order valence-electron chi connectivity index (χ2n) is 9.54. The van der Waals surface area contributed by atoms with Crippen molar-refractivity contribution in [1.82, 2.24) is 5.32 Å². The largest absolute Gasteiger partial charge is 0.456 e. The molecule has 1 amide bonds. The number of amides is 1. The van der Waals surface area contributed by atoms with E-state index in [2.05, 4.69) is 21.2 Å². The second kappa shape index (κ2) is 9.65. The van der Waals surface area contributed by atoms with E-state index in [0.717, 1.165) is 29.5 Å². The zero-order valence-electron chi connectivity index (χ0n) is 17.9.